The molecule has 0 spiro atoms. The largest absolute Gasteiger partial charge is 0.517 e. The van der Waals surface area contributed by atoms with Crippen LogP contribution in [0.5, 0.6) is 0 Å². The van der Waals surface area contributed by atoms with E-state index in [-0.39, 0.29) is 11.3 Å². The van der Waals surface area contributed by atoms with Gasteiger partial charge in [0.1, 0.15) is 5.60 Å². The van der Waals surface area contributed by atoms with Crippen molar-refractivity contribution < 1.29 is 18.0 Å². The minimum atomic E-state index is -2.69. The van der Waals surface area contributed by atoms with Crippen LogP contribution in [0, 0.1) is 0 Å². The fourth-order valence-corrected chi connectivity index (χ4v) is 4.89. The second-order valence-corrected chi connectivity index (χ2v) is 8.34. The maximum Gasteiger partial charge on any atom is 0.517 e. The molecule has 2 atom stereocenters. The zero-order valence-electron chi connectivity index (χ0n) is 13.2. The Bertz CT molecular complexity index is 426. The van der Waals surface area contributed by atoms with Gasteiger partial charge >= 0.3 is 8.80 Å². The van der Waals surface area contributed by atoms with E-state index in [4.69, 9.17) is 18.0 Å². The monoisotopic (exact) mass is 311 g/mol. The molecule has 1 aromatic rings. The summed E-state index contributed by atoms with van der Waals surface area (Å²) >= 11 is 0. The lowest BCUT2D eigenvalue weighted by Crippen LogP contribution is -2.61. The second kappa shape index (κ2) is 7.00. The Morgan fingerprint density at radius 2 is 1.76 bits per heavy atom. The molecular formula is C15H25NO4Si. The van der Waals surface area contributed by atoms with Gasteiger partial charge in [-0.25, -0.2) is 0 Å². The van der Waals surface area contributed by atoms with E-state index in [2.05, 4.69) is 24.4 Å². The third kappa shape index (κ3) is 3.36. The minimum Gasteiger partial charge on any atom is -0.376 e. The first-order valence-electron chi connectivity index (χ1n) is 7.24. The summed E-state index contributed by atoms with van der Waals surface area (Å²) < 4.78 is 22.4. The fourth-order valence-electron chi connectivity index (χ4n) is 2.68. The first kappa shape index (κ1) is 16.6. The maximum absolute atomic E-state index is 5.72. The second-order valence-electron chi connectivity index (χ2n) is 5.21. The quantitative estimate of drug-likeness (QED) is 0.556. The normalized spacial score (nSPS) is 23.0. The predicted octanol–water partition coefficient (Wildman–Crippen LogP) is 1.70. The number of epoxide rings is 1. The van der Waals surface area contributed by atoms with E-state index >= 15 is 0 Å². The highest BCUT2D eigenvalue weighted by Gasteiger charge is 2.51. The zero-order valence-corrected chi connectivity index (χ0v) is 14.2. The summed E-state index contributed by atoms with van der Waals surface area (Å²) in [5, 5.41) is 3.53. The number of hydrogen-bond acceptors (Lipinski definition) is 5. The highest BCUT2D eigenvalue weighted by atomic mass is 28.4. The van der Waals surface area contributed by atoms with Crippen LogP contribution in [0.1, 0.15) is 18.9 Å². The average molecular weight is 311 g/mol. The first-order valence-corrected chi connectivity index (χ1v) is 9.05. The Morgan fingerprint density at radius 1 is 1.19 bits per heavy atom. The van der Waals surface area contributed by atoms with Gasteiger partial charge in [0.2, 0.25) is 0 Å². The lowest BCUT2D eigenvalue weighted by molar-refractivity contribution is 0.104. The molecule has 21 heavy (non-hydrogen) atoms. The number of hydrogen-bond donors (Lipinski definition) is 1. The van der Waals surface area contributed by atoms with Crippen LogP contribution >= 0.6 is 0 Å². The smallest absolute Gasteiger partial charge is 0.376 e. The Labute approximate surface area is 127 Å². The highest BCUT2D eigenvalue weighted by Crippen LogP contribution is 2.38. The Morgan fingerprint density at radius 3 is 2.19 bits per heavy atom. The van der Waals surface area contributed by atoms with Crippen molar-refractivity contribution in [3.63, 3.8) is 0 Å². The van der Waals surface area contributed by atoms with E-state index in [9.17, 15) is 0 Å². The predicted molar refractivity (Wildman–Crippen MR) is 82.9 cm³/mol. The molecule has 0 bridgehead atoms. The van der Waals surface area contributed by atoms with Crippen LogP contribution in [0.15, 0.2) is 30.3 Å². The first-order chi connectivity index (χ1) is 10.2. The van der Waals surface area contributed by atoms with Crippen molar-refractivity contribution in [2.45, 2.75) is 24.6 Å². The van der Waals surface area contributed by atoms with Crippen molar-refractivity contribution in [2.24, 2.45) is 0 Å². The third-order valence-corrected chi connectivity index (χ3v) is 7.29. The van der Waals surface area contributed by atoms with E-state index in [1.807, 2.05) is 18.2 Å². The molecule has 1 aliphatic rings. The molecule has 1 saturated heterocycles. The summed E-state index contributed by atoms with van der Waals surface area (Å²) in [4.78, 5) is 0. The number of benzene rings is 1. The van der Waals surface area contributed by atoms with Gasteiger partial charge in [0.25, 0.3) is 0 Å². The van der Waals surface area contributed by atoms with Crippen molar-refractivity contribution >= 4 is 8.80 Å². The number of rotatable bonds is 9. The van der Waals surface area contributed by atoms with E-state index in [1.165, 1.54) is 5.56 Å². The molecule has 5 nitrogen and oxygen atoms in total. The van der Waals surface area contributed by atoms with Crippen molar-refractivity contribution in [1.29, 1.82) is 0 Å². The van der Waals surface area contributed by atoms with Crippen LogP contribution in [0.25, 0.3) is 0 Å². The molecule has 0 radical (unpaired) electrons. The average Bonchev–Trinajstić information content (AvgIpc) is 3.34. The molecule has 1 fully saturated rings. The number of ether oxygens (including phenoxy) is 1. The maximum atomic E-state index is 5.72. The Balaban J connectivity index is 2.04. The van der Waals surface area contributed by atoms with Crippen LogP contribution in [-0.2, 0) is 23.6 Å². The van der Waals surface area contributed by atoms with E-state index in [0.29, 0.717) is 0 Å². The molecule has 0 aliphatic carbocycles. The molecule has 1 heterocycles. The molecule has 1 aromatic carbocycles. The summed E-state index contributed by atoms with van der Waals surface area (Å²) in [5.74, 6) is 0. The SMILES string of the molecule is CCC(NCC1(c2ccccc2)CO1)[Si](OC)(OC)OC. The molecular weight excluding hydrogens is 286 g/mol. The van der Waals surface area contributed by atoms with Crippen molar-refractivity contribution in [1.82, 2.24) is 5.32 Å². The van der Waals surface area contributed by atoms with Crippen LogP contribution in [0.4, 0.5) is 0 Å². The van der Waals surface area contributed by atoms with Gasteiger partial charge in [0, 0.05) is 27.9 Å². The van der Waals surface area contributed by atoms with E-state index in [0.717, 1.165) is 19.6 Å². The molecule has 2 rings (SSSR count). The summed E-state index contributed by atoms with van der Waals surface area (Å²) in [7, 11) is 2.24. The zero-order chi connectivity index (χ0) is 15.3. The molecule has 1 aliphatic heterocycles. The topological polar surface area (TPSA) is 52.2 Å². The van der Waals surface area contributed by atoms with E-state index < -0.39 is 8.80 Å². The fraction of sp³-hybridized carbons (Fsp3) is 0.600. The summed E-state index contributed by atoms with van der Waals surface area (Å²) in [6.45, 7) is 3.56. The molecule has 0 amide bonds. The molecule has 0 saturated carbocycles. The molecule has 0 aromatic heterocycles. The molecule has 6 heteroatoms. The van der Waals surface area contributed by atoms with E-state index in [1.54, 1.807) is 21.3 Å². The summed E-state index contributed by atoms with van der Waals surface area (Å²) in [6, 6.07) is 10.3. The van der Waals surface area contributed by atoms with Crippen LogP contribution < -0.4 is 5.32 Å². The summed E-state index contributed by atoms with van der Waals surface area (Å²) in [5.41, 5.74) is 1.03. The lowest BCUT2D eigenvalue weighted by atomic mass is 10.0. The molecule has 1 N–H and O–H groups in total. The van der Waals surface area contributed by atoms with Crippen molar-refractivity contribution in [2.75, 3.05) is 34.5 Å². The van der Waals surface area contributed by atoms with Gasteiger partial charge < -0.3 is 23.3 Å². The van der Waals surface area contributed by atoms with Gasteiger partial charge in [-0.05, 0) is 12.0 Å². The van der Waals surface area contributed by atoms with Crippen LogP contribution in [0.2, 0.25) is 0 Å². The van der Waals surface area contributed by atoms with Gasteiger partial charge in [0.15, 0.2) is 0 Å². The highest BCUT2D eigenvalue weighted by molar-refractivity contribution is 6.62. The van der Waals surface area contributed by atoms with Gasteiger partial charge in [0.05, 0.1) is 12.3 Å². The van der Waals surface area contributed by atoms with Crippen LogP contribution in [-0.4, -0.2) is 49.0 Å². The van der Waals surface area contributed by atoms with Crippen molar-refractivity contribution in [3.05, 3.63) is 35.9 Å². The minimum absolute atomic E-state index is 0.0438. The third-order valence-electron chi connectivity index (χ3n) is 4.12. The molecule has 118 valence electrons. The van der Waals surface area contributed by atoms with Crippen molar-refractivity contribution in [3.8, 4) is 0 Å². The lowest BCUT2D eigenvalue weighted by Gasteiger charge is -2.33. The molecule has 2 unspecified atom stereocenters. The van der Waals surface area contributed by atoms with Gasteiger partial charge in [-0.2, -0.15) is 0 Å². The van der Waals surface area contributed by atoms with Gasteiger partial charge in [-0.1, -0.05) is 37.3 Å². The van der Waals surface area contributed by atoms with Crippen LogP contribution in [0.3, 0.4) is 0 Å². The Hall–Kier alpha value is -0.763. The Kier molecular flexibility index (Phi) is 5.53. The summed E-state index contributed by atoms with van der Waals surface area (Å²) in [6.07, 6.45) is 0.868. The van der Waals surface area contributed by atoms with Gasteiger partial charge in [-0.15, -0.1) is 0 Å². The van der Waals surface area contributed by atoms with Gasteiger partial charge in [-0.3, -0.25) is 0 Å². The number of nitrogens with one attached hydrogen (secondary N) is 1. The standard InChI is InChI=1S/C15H25NO4Si/c1-5-14(21(17-2,18-3)19-4)16-11-15(12-20-15)13-9-7-6-8-10-13/h6-10,14,16H,5,11-12H2,1-4H3.